The van der Waals surface area contributed by atoms with Gasteiger partial charge in [0.25, 0.3) is 0 Å². The maximum Gasteiger partial charge on any atom is 0.316 e. The summed E-state index contributed by atoms with van der Waals surface area (Å²) in [5.74, 6) is -2.23. The summed E-state index contributed by atoms with van der Waals surface area (Å²) >= 11 is 0. The largest absolute Gasteiger partial charge is 0.481 e. The summed E-state index contributed by atoms with van der Waals surface area (Å²) in [6, 6.07) is 0. The van der Waals surface area contributed by atoms with Crippen molar-refractivity contribution in [2.75, 3.05) is 0 Å². The Hall–Kier alpha value is -1.62. The predicted octanol–water partition coefficient (Wildman–Crippen LogP) is 2.06. The summed E-state index contributed by atoms with van der Waals surface area (Å²) in [6.45, 7) is 5.88. The zero-order valence-corrected chi connectivity index (χ0v) is 13.7. The Morgan fingerprint density at radius 1 is 1.46 bits per heavy atom. The quantitative estimate of drug-likeness (QED) is 0.568. The van der Waals surface area contributed by atoms with Crippen molar-refractivity contribution in [2.45, 2.75) is 50.2 Å². The Morgan fingerprint density at radius 3 is 2.92 bits per heavy atom. The summed E-state index contributed by atoms with van der Waals surface area (Å²) < 4.78 is 5.99. The Morgan fingerprint density at radius 2 is 2.21 bits per heavy atom. The first-order valence-corrected chi connectivity index (χ1v) is 8.74. The molecule has 1 saturated heterocycles. The van der Waals surface area contributed by atoms with Crippen LogP contribution in [0.1, 0.15) is 39.0 Å². The van der Waals surface area contributed by atoms with E-state index in [1.54, 1.807) is 0 Å². The third-order valence-electron chi connectivity index (χ3n) is 7.97. The number of carboxylic acid groups (broad SMARTS) is 1. The molecule has 3 saturated carbocycles. The molecule has 1 aliphatic heterocycles. The number of hydrogen-bond donors (Lipinski definition) is 2. The van der Waals surface area contributed by atoms with Crippen LogP contribution in [-0.4, -0.2) is 33.4 Å². The molecule has 0 radical (unpaired) electrons. The van der Waals surface area contributed by atoms with E-state index < -0.39 is 33.9 Å². The van der Waals surface area contributed by atoms with Gasteiger partial charge in [-0.1, -0.05) is 18.7 Å². The van der Waals surface area contributed by atoms with Gasteiger partial charge >= 0.3 is 11.9 Å². The maximum atomic E-state index is 12.6. The van der Waals surface area contributed by atoms with Crippen molar-refractivity contribution >= 4 is 11.9 Å². The molecule has 1 heterocycles. The van der Waals surface area contributed by atoms with Gasteiger partial charge in [0.1, 0.15) is 5.60 Å². The molecule has 4 bridgehead atoms. The lowest BCUT2D eigenvalue weighted by Crippen LogP contribution is -2.47. The van der Waals surface area contributed by atoms with E-state index in [0.717, 1.165) is 5.57 Å². The van der Waals surface area contributed by atoms with Gasteiger partial charge in [-0.25, -0.2) is 0 Å². The molecule has 128 valence electrons. The molecule has 4 fully saturated rings. The number of carbonyl (C=O) groups excluding carboxylic acids is 1. The van der Waals surface area contributed by atoms with Gasteiger partial charge in [-0.15, -0.1) is 0 Å². The average Bonchev–Trinajstić information content (AvgIpc) is 2.88. The molecule has 5 aliphatic rings. The second-order valence-electron chi connectivity index (χ2n) is 8.84. The fraction of sp³-hybridized carbons (Fsp3) is 0.684. The van der Waals surface area contributed by atoms with Crippen molar-refractivity contribution in [1.82, 2.24) is 0 Å². The van der Waals surface area contributed by atoms with Crippen molar-refractivity contribution < 1.29 is 24.5 Å². The zero-order chi connectivity index (χ0) is 17.1. The normalized spacial score (nSPS) is 56.8. The van der Waals surface area contributed by atoms with Crippen LogP contribution in [0.3, 0.4) is 0 Å². The highest BCUT2D eigenvalue weighted by atomic mass is 16.6. The first kappa shape index (κ1) is 14.7. The van der Waals surface area contributed by atoms with Crippen molar-refractivity contribution in [3.05, 3.63) is 24.3 Å². The SMILES string of the molecule is C=C1C[C@]23C[C@@]1(O)CC[C@H]2[C@@]12CC=C[C@](C)(C(=O)O1)[C@H]2[C@@H]3C(=O)O. The van der Waals surface area contributed by atoms with Crippen molar-refractivity contribution in [2.24, 2.45) is 28.6 Å². The van der Waals surface area contributed by atoms with Gasteiger partial charge in [-0.2, -0.15) is 0 Å². The van der Waals surface area contributed by atoms with Crippen LogP contribution in [0.15, 0.2) is 24.3 Å². The number of carbonyl (C=O) groups is 2. The molecule has 0 aromatic heterocycles. The van der Waals surface area contributed by atoms with Crippen LogP contribution in [0.5, 0.6) is 0 Å². The Labute approximate surface area is 140 Å². The lowest BCUT2D eigenvalue weighted by atomic mass is 9.62. The number of aliphatic hydroxyl groups is 1. The van der Waals surface area contributed by atoms with E-state index in [-0.39, 0.29) is 17.8 Å². The lowest BCUT2D eigenvalue weighted by Gasteiger charge is -2.45. The van der Waals surface area contributed by atoms with Gasteiger partial charge in [-0.05, 0) is 43.6 Å². The molecule has 0 aromatic rings. The Bertz CT molecular complexity index is 740. The van der Waals surface area contributed by atoms with Gasteiger partial charge in [-0.3, -0.25) is 9.59 Å². The van der Waals surface area contributed by atoms with E-state index >= 15 is 0 Å². The van der Waals surface area contributed by atoms with E-state index in [4.69, 9.17) is 4.74 Å². The van der Waals surface area contributed by atoms with Crippen molar-refractivity contribution in [1.29, 1.82) is 0 Å². The molecule has 7 atom stereocenters. The van der Waals surface area contributed by atoms with Crippen LogP contribution >= 0.6 is 0 Å². The van der Waals surface area contributed by atoms with E-state index in [1.165, 1.54) is 0 Å². The minimum Gasteiger partial charge on any atom is -0.481 e. The highest BCUT2D eigenvalue weighted by molar-refractivity contribution is 5.86. The maximum absolute atomic E-state index is 12.6. The lowest BCUT2D eigenvalue weighted by molar-refractivity contribution is -0.162. The van der Waals surface area contributed by atoms with Gasteiger partial charge in [0.2, 0.25) is 0 Å². The summed E-state index contributed by atoms with van der Waals surface area (Å²) in [5.41, 5.74) is -2.35. The minimum atomic E-state index is -0.952. The van der Waals surface area contributed by atoms with Crippen molar-refractivity contribution in [3.8, 4) is 0 Å². The first-order chi connectivity index (χ1) is 11.2. The molecule has 2 N–H and O–H groups in total. The average molecular weight is 330 g/mol. The molecule has 5 heteroatoms. The predicted molar refractivity (Wildman–Crippen MR) is 83.8 cm³/mol. The third-order valence-corrected chi connectivity index (χ3v) is 7.97. The fourth-order valence-corrected chi connectivity index (χ4v) is 7.23. The van der Waals surface area contributed by atoms with E-state index in [1.807, 2.05) is 19.1 Å². The highest BCUT2D eigenvalue weighted by Gasteiger charge is 2.82. The number of fused-ring (bicyclic) bond motifs is 1. The van der Waals surface area contributed by atoms with Crippen molar-refractivity contribution in [3.63, 3.8) is 0 Å². The summed E-state index contributed by atoms with van der Waals surface area (Å²) in [4.78, 5) is 25.0. The molecule has 5 rings (SSSR count). The smallest absolute Gasteiger partial charge is 0.316 e. The monoisotopic (exact) mass is 330 g/mol. The molecule has 0 unspecified atom stereocenters. The van der Waals surface area contributed by atoms with Gasteiger partial charge in [0.15, 0.2) is 0 Å². The topological polar surface area (TPSA) is 83.8 Å². The van der Waals surface area contributed by atoms with Crippen LogP contribution in [0.25, 0.3) is 0 Å². The number of hydrogen-bond acceptors (Lipinski definition) is 4. The van der Waals surface area contributed by atoms with Crippen LogP contribution in [0.4, 0.5) is 0 Å². The fourth-order valence-electron chi connectivity index (χ4n) is 7.23. The summed E-state index contributed by atoms with van der Waals surface area (Å²) in [6.07, 6.45) is 6.66. The molecule has 0 aromatic carbocycles. The summed E-state index contributed by atoms with van der Waals surface area (Å²) in [7, 11) is 0. The van der Waals surface area contributed by atoms with E-state index in [0.29, 0.717) is 32.1 Å². The second-order valence-corrected chi connectivity index (χ2v) is 8.84. The molecular weight excluding hydrogens is 308 g/mol. The van der Waals surface area contributed by atoms with Gasteiger partial charge in [0.05, 0.1) is 16.9 Å². The number of ether oxygens (including phenoxy) is 1. The number of carboxylic acids is 1. The second kappa shape index (κ2) is 3.79. The first-order valence-electron chi connectivity index (χ1n) is 8.74. The molecule has 0 amide bonds. The van der Waals surface area contributed by atoms with Crippen LogP contribution < -0.4 is 0 Å². The highest BCUT2D eigenvalue weighted by Crippen LogP contribution is 2.77. The zero-order valence-electron chi connectivity index (χ0n) is 13.7. The number of esters is 1. The molecule has 1 spiro atoms. The van der Waals surface area contributed by atoms with Crippen LogP contribution in [0.2, 0.25) is 0 Å². The number of rotatable bonds is 1. The number of aliphatic carboxylic acids is 1. The standard InChI is InChI=1S/C19H22O5/c1-10-8-17-9-18(10,23)7-4-11(17)19-6-3-5-16(2,15(22)24-19)13(19)12(17)14(20)21/h3,5,11-13,23H,1,4,6-9H2,2H3,(H,20,21)/t11-,12-,13-,16+,17+,18+,19-/m1/s1. The molecule has 24 heavy (non-hydrogen) atoms. The Kier molecular flexibility index (Phi) is 2.32. The van der Waals surface area contributed by atoms with Crippen LogP contribution in [-0.2, 0) is 14.3 Å². The minimum absolute atomic E-state index is 0.0219. The molecular formula is C19H22O5. The van der Waals surface area contributed by atoms with Gasteiger partial charge in [0, 0.05) is 18.3 Å². The molecule has 4 aliphatic carbocycles. The Balaban J connectivity index is 1.77. The third kappa shape index (κ3) is 1.25. The molecule has 5 nitrogen and oxygen atoms in total. The summed E-state index contributed by atoms with van der Waals surface area (Å²) in [5, 5.41) is 21.1. The van der Waals surface area contributed by atoms with Crippen LogP contribution in [0, 0.1) is 28.6 Å². The van der Waals surface area contributed by atoms with Gasteiger partial charge < -0.3 is 14.9 Å². The van der Waals surface area contributed by atoms with E-state index in [9.17, 15) is 19.8 Å². The van der Waals surface area contributed by atoms with E-state index in [2.05, 4.69) is 6.58 Å².